The van der Waals surface area contributed by atoms with E-state index in [1.165, 1.54) is 6.07 Å². The molecule has 11 heteroatoms. The molecule has 3 fully saturated rings. The molecule has 0 unspecified atom stereocenters. The zero-order chi connectivity index (χ0) is 31.6. The lowest BCUT2D eigenvalue weighted by atomic mass is 9.94. The summed E-state index contributed by atoms with van der Waals surface area (Å²) in [7, 11) is 0. The van der Waals surface area contributed by atoms with E-state index in [2.05, 4.69) is 20.7 Å². The van der Waals surface area contributed by atoms with Crippen LogP contribution in [0.4, 0.5) is 19.0 Å². The summed E-state index contributed by atoms with van der Waals surface area (Å²) in [5, 5.41) is 1.39. The van der Waals surface area contributed by atoms with Crippen LogP contribution in [-0.4, -0.2) is 83.7 Å². The van der Waals surface area contributed by atoms with Crippen molar-refractivity contribution >= 4 is 27.5 Å². The molecule has 238 valence electrons. The maximum atomic E-state index is 17.1. The summed E-state index contributed by atoms with van der Waals surface area (Å²) in [5.41, 5.74) is 0.684. The van der Waals surface area contributed by atoms with Crippen LogP contribution < -0.4 is 14.4 Å². The molecule has 4 aliphatic rings. The minimum Gasteiger partial charge on any atom is -0.477 e. The van der Waals surface area contributed by atoms with Gasteiger partial charge in [-0.1, -0.05) is 18.1 Å². The van der Waals surface area contributed by atoms with E-state index in [9.17, 15) is 8.78 Å². The van der Waals surface area contributed by atoms with Gasteiger partial charge < -0.3 is 19.1 Å². The summed E-state index contributed by atoms with van der Waals surface area (Å²) < 4.78 is 64.9. The molecule has 4 aliphatic heterocycles. The van der Waals surface area contributed by atoms with Crippen molar-refractivity contribution in [1.82, 2.24) is 19.9 Å². The average molecular weight is 630 g/mol. The second kappa shape index (κ2) is 11.3. The normalized spacial score (nSPS) is 24.5. The Kier molecular flexibility index (Phi) is 7.18. The first kappa shape index (κ1) is 29.3. The molecule has 0 saturated carbocycles. The standard InChI is InChI=1S/C35H34F3N5O3/c1-3-24-26(37)6-5-21-15-20(2)16-25(27(21)24)30-29(38)31-28-32(43-11-14-44-12-7-23(43)8-13-45-33(28)39-30)41-34(40-31)46-19-35-9-4-10-42(35)18-22(36)17-35/h1,5-6,15-16,22-23H,4,7-14,17-19H2,2H3/t22-,23-,35+/m1/s1. The van der Waals surface area contributed by atoms with Gasteiger partial charge in [0.25, 0.3) is 0 Å². The number of nitrogens with zero attached hydrogens (tertiary/aromatic N) is 5. The van der Waals surface area contributed by atoms with Crippen LogP contribution in [0.25, 0.3) is 32.9 Å². The molecule has 0 bridgehead atoms. The first-order chi connectivity index (χ1) is 22.3. The van der Waals surface area contributed by atoms with E-state index in [1.807, 2.05) is 13.0 Å². The predicted octanol–water partition coefficient (Wildman–Crippen LogP) is 5.75. The molecule has 3 saturated heterocycles. The monoisotopic (exact) mass is 629 g/mol. The number of alkyl halides is 1. The molecule has 46 heavy (non-hydrogen) atoms. The fraction of sp³-hybridized carbons (Fsp3) is 0.457. The number of aromatic nitrogens is 3. The van der Waals surface area contributed by atoms with E-state index in [0.29, 0.717) is 73.3 Å². The Morgan fingerprint density at radius 3 is 2.83 bits per heavy atom. The minimum absolute atomic E-state index is 0.00183. The third-order valence-corrected chi connectivity index (χ3v) is 10.0. The topological polar surface area (TPSA) is 72.8 Å². The number of hydrogen-bond donors (Lipinski definition) is 0. The number of ether oxygens (including phenoxy) is 3. The smallest absolute Gasteiger partial charge is 0.319 e. The first-order valence-corrected chi connectivity index (χ1v) is 16.0. The molecule has 0 aliphatic carbocycles. The van der Waals surface area contributed by atoms with Gasteiger partial charge in [-0.2, -0.15) is 9.97 Å². The largest absolute Gasteiger partial charge is 0.477 e. The molecule has 8 rings (SSSR count). The fourth-order valence-electron chi connectivity index (χ4n) is 7.92. The Morgan fingerprint density at radius 2 is 1.96 bits per heavy atom. The van der Waals surface area contributed by atoms with Gasteiger partial charge in [-0.05, 0) is 55.8 Å². The number of pyridine rings is 1. The molecule has 2 aromatic heterocycles. The van der Waals surface area contributed by atoms with Gasteiger partial charge in [0, 0.05) is 49.5 Å². The molecule has 0 N–H and O–H groups in total. The molecule has 8 nitrogen and oxygen atoms in total. The van der Waals surface area contributed by atoms with E-state index in [4.69, 9.17) is 30.6 Å². The SMILES string of the molecule is C#Cc1c(F)ccc2cc(C)cc(-c3nc4c5c(nc(OC[C@@]67CCCN6C[C@H](F)C7)nc5c3F)N3CCOCC[C@@H]3CCO4)c12. The molecule has 3 atom stereocenters. The summed E-state index contributed by atoms with van der Waals surface area (Å²) in [4.78, 5) is 18.5. The van der Waals surface area contributed by atoms with Crippen molar-refractivity contribution in [3.63, 3.8) is 0 Å². The maximum absolute atomic E-state index is 17.1. The van der Waals surface area contributed by atoms with Gasteiger partial charge in [-0.3, -0.25) is 4.90 Å². The van der Waals surface area contributed by atoms with Gasteiger partial charge in [0.05, 0.1) is 24.3 Å². The van der Waals surface area contributed by atoms with Gasteiger partial charge >= 0.3 is 6.01 Å². The number of aryl methyl sites for hydroxylation is 1. The molecule has 2 aromatic carbocycles. The van der Waals surface area contributed by atoms with Crippen LogP contribution in [0.2, 0.25) is 0 Å². The van der Waals surface area contributed by atoms with Gasteiger partial charge in [0.15, 0.2) is 5.82 Å². The first-order valence-electron chi connectivity index (χ1n) is 16.0. The summed E-state index contributed by atoms with van der Waals surface area (Å²) in [5.74, 6) is 1.80. The lowest BCUT2D eigenvalue weighted by Crippen LogP contribution is -2.43. The van der Waals surface area contributed by atoms with Crippen molar-refractivity contribution in [2.24, 2.45) is 0 Å². The van der Waals surface area contributed by atoms with Crippen LogP contribution in [0.3, 0.4) is 0 Å². The number of anilines is 1. The average Bonchev–Trinajstić information content (AvgIpc) is 3.46. The van der Waals surface area contributed by atoms with Crippen LogP contribution in [0, 0.1) is 30.9 Å². The molecular weight excluding hydrogens is 595 g/mol. The third kappa shape index (κ3) is 4.73. The molecule has 0 spiro atoms. The van der Waals surface area contributed by atoms with Crippen molar-refractivity contribution in [1.29, 1.82) is 0 Å². The van der Waals surface area contributed by atoms with Crippen LogP contribution in [0.1, 0.15) is 43.2 Å². The number of rotatable bonds is 4. The van der Waals surface area contributed by atoms with Crippen molar-refractivity contribution in [3.05, 3.63) is 47.0 Å². The number of hydrogen-bond acceptors (Lipinski definition) is 8. The summed E-state index contributed by atoms with van der Waals surface area (Å²) >= 11 is 0. The van der Waals surface area contributed by atoms with Crippen LogP contribution in [0.5, 0.6) is 11.9 Å². The van der Waals surface area contributed by atoms with Gasteiger partial charge in [0.2, 0.25) is 5.88 Å². The van der Waals surface area contributed by atoms with Crippen LogP contribution >= 0.6 is 0 Å². The van der Waals surface area contributed by atoms with Crippen LogP contribution in [0.15, 0.2) is 24.3 Å². The zero-order valence-corrected chi connectivity index (χ0v) is 25.6. The van der Waals surface area contributed by atoms with Crippen molar-refractivity contribution in [2.45, 2.75) is 56.8 Å². The number of benzene rings is 2. The van der Waals surface area contributed by atoms with E-state index >= 15 is 4.39 Å². The van der Waals surface area contributed by atoms with E-state index < -0.39 is 23.3 Å². The predicted molar refractivity (Wildman–Crippen MR) is 168 cm³/mol. The van der Waals surface area contributed by atoms with E-state index in [0.717, 1.165) is 31.4 Å². The Bertz CT molecular complexity index is 1920. The second-order valence-corrected chi connectivity index (χ2v) is 12.9. The quantitative estimate of drug-likeness (QED) is 0.265. The van der Waals surface area contributed by atoms with Gasteiger partial charge in [-0.25, -0.2) is 18.2 Å². The van der Waals surface area contributed by atoms with Crippen LogP contribution in [-0.2, 0) is 4.74 Å². The van der Waals surface area contributed by atoms with Crippen molar-refractivity contribution in [3.8, 4) is 35.5 Å². The maximum Gasteiger partial charge on any atom is 0.319 e. The number of terminal acetylenes is 1. The minimum atomic E-state index is -0.916. The molecule has 4 aromatic rings. The third-order valence-electron chi connectivity index (χ3n) is 10.0. The highest BCUT2D eigenvalue weighted by molar-refractivity contribution is 6.03. The Morgan fingerprint density at radius 1 is 1.09 bits per heavy atom. The van der Waals surface area contributed by atoms with E-state index in [1.54, 1.807) is 12.1 Å². The number of fused-ring (bicyclic) bond motifs is 4. The summed E-state index contributed by atoms with van der Waals surface area (Å²) in [6.07, 6.45) is 8.44. The van der Waals surface area contributed by atoms with E-state index in [-0.39, 0.29) is 41.3 Å². The highest BCUT2D eigenvalue weighted by Crippen LogP contribution is 2.44. The highest BCUT2D eigenvalue weighted by atomic mass is 19.1. The second-order valence-electron chi connectivity index (χ2n) is 12.9. The van der Waals surface area contributed by atoms with Gasteiger partial charge in [-0.15, -0.1) is 6.42 Å². The summed E-state index contributed by atoms with van der Waals surface area (Å²) in [6, 6.07) is 6.60. The molecule has 0 amide bonds. The van der Waals surface area contributed by atoms with Crippen molar-refractivity contribution in [2.75, 3.05) is 51.0 Å². The molecular formula is C35H34F3N5O3. The van der Waals surface area contributed by atoms with Gasteiger partial charge in [0.1, 0.15) is 41.0 Å². The molecule has 6 heterocycles. The zero-order valence-electron chi connectivity index (χ0n) is 25.6. The lowest BCUT2D eigenvalue weighted by Gasteiger charge is -2.34. The highest BCUT2D eigenvalue weighted by Gasteiger charge is 2.49. The fourth-order valence-corrected chi connectivity index (χ4v) is 7.92. The summed E-state index contributed by atoms with van der Waals surface area (Å²) in [6.45, 7) is 5.22. The lowest BCUT2D eigenvalue weighted by molar-refractivity contribution is 0.107. The Labute approximate surface area is 264 Å². The number of halogens is 3. The molecule has 0 radical (unpaired) electrons. The Balaban J connectivity index is 1.34. The van der Waals surface area contributed by atoms with Crippen molar-refractivity contribution < 1.29 is 27.4 Å². The Hall–Kier alpha value is -4.14.